The molecule has 2 rings (SSSR count). The van der Waals surface area contributed by atoms with Crippen molar-refractivity contribution in [2.24, 2.45) is 5.92 Å². The molecule has 0 aliphatic rings. The summed E-state index contributed by atoms with van der Waals surface area (Å²) in [6, 6.07) is 11.2. The van der Waals surface area contributed by atoms with Gasteiger partial charge in [0.2, 0.25) is 5.91 Å². The number of rotatable bonds is 8. The smallest absolute Gasteiger partial charge is 0.322 e. The van der Waals surface area contributed by atoms with Crippen LogP contribution in [0.5, 0.6) is 0 Å². The molecule has 2 aromatic carbocycles. The van der Waals surface area contributed by atoms with Crippen molar-refractivity contribution in [2.45, 2.75) is 46.7 Å². The van der Waals surface area contributed by atoms with E-state index in [2.05, 4.69) is 24.5 Å². The minimum Gasteiger partial charge on any atom is -0.377 e. The maximum absolute atomic E-state index is 13.6. The fraction of sp³-hybridized carbons (Fsp3) is 0.417. The predicted molar refractivity (Wildman–Crippen MR) is 125 cm³/mol. The summed E-state index contributed by atoms with van der Waals surface area (Å²) in [4.78, 5) is 28.7. The van der Waals surface area contributed by atoms with E-state index in [4.69, 9.17) is 0 Å². The molecule has 0 heterocycles. The molecular weight excluding hydrogens is 395 g/mol. The van der Waals surface area contributed by atoms with Crippen LogP contribution in [0.25, 0.3) is 0 Å². The summed E-state index contributed by atoms with van der Waals surface area (Å²) in [5, 5.41) is 5.69. The monoisotopic (exact) mass is 428 g/mol. The molecule has 0 saturated carbocycles. The molecule has 0 spiro atoms. The highest BCUT2D eigenvalue weighted by atomic mass is 19.1. The van der Waals surface area contributed by atoms with Gasteiger partial charge in [0.25, 0.3) is 0 Å². The Morgan fingerprint density at radius 3 is 2.26 bits per heavy atom. The summed E-state index contributed by atoms with van der Waals surface area (Å²) >= 11 is 0. The fourth-order valence-electron chi connectivity index (χ4n) is 3.18. The SMILES string of the molecule is CCC(=O)Nc1ccc(N(C)C)c(CN(C(=O)Nc2cccc(F)c2)C(C)C(C)C)c1. The quantitative estimate of drug-likeness (QED) is 0.598. The number of hydrogen-bond donors (Lipinski definition) is 2. The molecule has 0 aliphatic heterocycles. The molecule has 31 heavy (non-hydrogen) atoms. The van der Waals surface area contributed by atoms with Crippen LogP contribution in [0.4, 0.5) is 26.2 Å². The molecule has 0 aliphatic carbocycles. The van der Waals surface area contributed by atoms with Crippen molar-refractivity contribution < 1.29 is 14.0 Å². The summed E-state index contributed by atoms with van der Waals surface area (Å²) in [5.74, 6) is -0.264. The number of halogens is 1. The zero-order chi connectivity index (χ0) is 23.1. The van der Waals surface area contributed by atoms with Crippen molar-refractivity contribution in [3.05, 3.63) is 53.8 Å². The van der Waals surface area contributed by atoms with Gasteiger partial charge in [0, 0.05) is 50.2 Å². The Kier molecular flexibility index (Phi) is 8.42. The molecule has 2 N–H and O–H groups in total. The second-order valence-electron chi connectivity index (χ2n) is 8.19. The second-order valence-corrected chi connectivity index (χ2v) is 8.19. The van der Waals surface area contributed by atoms with Crippen molar-refractivity contribution in [1.29, 1.82) is 0 Å². The van der Waals surface area contributed by atoms with E-state index in [-0.39, 0.29) is 23.9 Å². The third-order valence-corrected chi connectivity index (χ3v) is 5.30. The molecule has 168 valence electrons. The molecule has 3 amide bonds. The summed E-state index contributed by atoms with van der Waals surface area (Å²) in [6.45, 7) is 8.24. The predicted octanol–water partition coefficient (Wildman–Crippen LogP) is 5.32. The van der Waals surface area contributed by atoms with E-state index in [0.717, 1.165) is 11.3 Å². The van der Waals surface area contributed by atoms with Crippen LogP contribution in [0, 0.1) is 11.7 Å². The fourth-order valence-corrected chi connectivity index (χ4v) is 3.18. The number of carbonyl (C=O) groups is 2. The van der Waals surface area contributed by atoms with Crippen LogP contribution < -0.4 is 15.5 Å². The van der Waals surface area contributed by atoms with E-state index >= 15 is 0 Å². The Hall–Kier alpha value is -3.09. The number of nitrogens with zero attached hydrogens (tertiary/aromatic N) is 2. The standard InChI is InChI=1S/C24H33FN4O2/c1-7-23(30)26-21-11-12-22(28(5)6)18(13-21)15-29(17(4)16(2)3)24(31)27-20-10-8-9-19(25)14-20/h8-14,16-17H,7,15H2,1-6H3,(H,26,30)(H,27,31). The van der Waals surface area contributed by atoms with Gasteiger partial charge in [-0.1, -0.05) is 26.8 Å². The lowest BCUT2D eigenvalue weighted by molar-refractivity contribution is -0.115. The molecule has 1 atom stereocenters. The maximum atomic E-state index is 13.6. The normalized spacial score (nSPS) is 11.7. The Labute approximate surface area is 184 Å². The summed E-state index contributed by atoms with van der Waals surface area (Å²) in [5.41, 5.74) is 2.95. The van der Waals surface area contributed by atoms with Crippen molar-refractivity contribution in [3.63, 3.8) is 0 Å². The molecule has 0 radical (unpaired) electrons. The average Bonchev–Trinajstić information content (AvgIpc) is 2.71. The molecule has 0 fully saturated rings. The molecular formula is C24H33FN4O2. The lowest BCUT2D eigenvalue weighted by Gasteiger charge is -2.33. The number of urea groups is 1. The largest absolute Gasteiger partial charge is 0.377 e. The first-order valence-electron chi connectivity index (χ1n) is 10.6. The van der Waals surface area contributed by atoms with Crippen LogP contribution in [0.1, 0.15) is 39.7 Å². The molecule has 7 heteroatoms. The first kappa shape index (κ1) is 24.2. The van der Waals surface area contributed by atoms with Gasteiger partial charge in [-0.05, 0) is 54.8 Å². The van der Waals surface area contributed by atoms with Gasteiger partial charge in [-0.2, -0.15) is 0 Å². The molecule has 0 saturated heterocycles. The highest BCUT2D eigenvalue weighted by Crippen LogP contribution is 2.27. The summed E-state index contributed by atoms with van der Waals surface area (Å²) in [7, 11) is 3.87. The van der Waals surface area contributed by atoms with Gasteiger partial charge in [-0.15, -0.1) is 0 Å². The number of hydrogen-bond acceptors (Lipinski definition) is 3. The highest BCUT2D eigenvalue weighted by molar-refractivity contribution is 5.91. The van der Waals surface area contributed by atoms with Gasteiger partial charge >= 0.3 is 6.03 Å². The zero-order valence-electron chi connectivity index (χ0n) is 19.2. The van der Waals surface area contributed by atoms with Crippen molar-refractivity contribution >= 4 is 29.0 Å². The van der Waals surface area contributed by atoms with Gasteiger partial charge in [0.05, 0.1) is 0 Å². The first-order chi connectivity index (χ1) is 14.6. The van der Waals surface area contributed by atoms with Crippen LogP contribution in [-0.4, -0.2) is 37.0 Å². The van der Waals surface area contributed by atoms with E-state index in [1.165, 1.54) is 12.1 Å². The molecule has 0 aromatic heterocycles. The van der Waals surface area contributed by atoms with Crippen LogP contribution >= 0.6 is 0 Å². The number of benzene rings is 2. The average molecular weight is 429 g/mol. The minimum atomic E-state index is -0.407. The van der Waals surface area contributed by atoms with Gasteiger partial charge in [-0.3, -0.25) is 4.79 Å². The molecule has 0 bridgehead atoms. The van der Waals surface area contributed by atoms with Crippen LogP contribution in [0.15, 0.2) is 42.5 Å². The van der Waals surface area contributed by atoms with E-state index in [1.54, 1.807) is 24.0 Å². The Bertz CT molecular complexity index is 914. The van der Waals surface area contributed by atoms with E-state index < -0.39 is 5.82 Å². The third kappa shape index (κ3) is 6.70. The molecule has 1 unspecified atom stereocenters. The maximum Gasteiger partial charge on any atom is 0.322 e. The molecule has 2 aromatic rings. The van der Waals surface area contributed by atoms with Gasteiger partial charge in [0.1, 0.15) is 5.82 Å². The summed E-state index contributed by atoms with van der Waals surface area (Å²) in [6.07, 6.45) is 0.386. The van der Waals surface area contributed by atoms with Crippen LogP contribution in [-0.2, 0) is 11.3 Å². The van der Waals surface area contributed by atoms with Crippen molar-refractivity contribution in [2.75, 3.05) is 29.6 Å². The highest BCUT2D eigenvalue weighted by Gasteiger charge is 2.24. The second kappa shape index (κ2) is 10.8. The number of amides is 3. The van der Waals surface area contributed by atoms with E-state index in [9.17, 15) is 14.0 Å². The zero-order valence-corrected chi connectivity index (χ0v) is 19.2. The van der Waals surface area contributed by atoms with E-state index in [0.29, 0.717) is 24.3 Å². The Balaban J connectivity index is 2.37. The number of nitrogens with one attached hydrogen (secondary N) is 2. The van der Waals surface area contributed by atoms with Crippen molar-refractivity contribution in [3.8, 4) is 0 Å². The first-order valence-corrected chi connectivity index (χ1v) is 10.6. The van der Waals surface area contributed by atoms with E-state index in [1.807, 2.05) is 44.1 Å². The Morgan fingerprint density at radius 2 is 1.68 bits per heavy atom. The molecule has 6 nitrogen and oxygen atoms in total. The van der Waals surface area contributed by atoms with Gasteiger partial charge < -0.3 is 20.4 Å². The number of carbonyl (C=O) groups excluding carboxylic acids is 2. The Morgan fingerprint density at radius 1 is 1.00 bits per heavy atom. The van der Waals surface area contributed by atoms with Crippen LogP contribution in [0.2, 0.25) is 0 Å². The lowest BCUT2D eigenvalue weighted by atomic mass is 10.0. The van der Waals surface area contributed by atoms with Gasteiger partial charge in [-0.25, -0.2) is 9.18 Å². The van der Waals surface area contributed by atoms with Crippen LogP contribution in [0.3, 0.4) is 0 Å². The lowest BCUT2D eigenvalue weighted by Crippen LogP contribution is -2.43. The topological polar surface area (TPSA) is 64.7 Å². The number of anilines is 3. The minimum absolute atomic E-state index is 0.0696. The summed E-state index contributed by atoms with van der Waals surface area (Å²) < 4.78 is 13.6. The van der Waals surface area contributed by atoms with Crippen molar-refractivity contribution in [1.82, 2.24) is 4.90 Å². The van der Waals surface area contributed by atoms with Gasteiger partial charge in [0.15, 0.2) is 0 Å². The third-order valence-electron chi connectivity index (χ3n) is 5.30.